The zero-order chi connectivity index (χ0) is 34.1. The predicted molar refractivity (Wildman–Crippen MR) is 182 cm³/mol. The van der Waals surface area contributed by atoms with Gasteiger partial charge in [0.1, 0.15) is 5.60 Å². The second-order valence-corrected chi connectivity index (χ2v) is 11.8. The van der Waals surface area contributed by atoms with Crippen LogP contribution in [0.5, 0.6) is 0 Å². The number of nitrogens with zero attached hydrogens (tertiary/aromatic N) is 1. The number of benzene rings is 3. The van der Waals surface area contributed by atoms with Gasteiger partial charge in [-0.2, -0.15) is 0 Å². The minimum Gasteiger partial charge on any atom is -0.478 e. The number of carboxylic acid groups (broad SMARTS) is 2. The number of amides is 1. The third kappa shape index (κ3) is 14.0. The van der Waals surface area contributed by atoms with Gasteiger partial charge in [-0.3, -0.25) is 5.32 Å². The normalized spacial score (nSPS) is 15.6. The van der Waals surface area contributed by atoms with Gasteiger partial charge in [0.25, 0.3) is 0 Å². The molecule has 0 spiro atoms. The van der Waals surface area contributed by atoms with Gasteiger partial charge in [-0.15, -0.1) is 0 Å². The third-order valence-electron chi connectivity index (χ3n) is 7.02. The lowest BCUT2D eigenvalue weighted by Gasteiger charge is -2.32. The zero-order valence-electron chi connectivity index (χ0n) is 26.5. The van der Waals surface area contributed by atoms with E-state index >= 15 is 0 Å². The average Bonchev–Trinajstić information content (AvgIpc) is 3.41. The number of carboxylic acids is 2. The van der Waals surface area contributed by atoms with E-state index in [0.717, 1.165) is 23.6 Å². The SMILES string of the molecule is CC(C)OC(=O)Nc1cccc(Cl)c1.CN1CCCC1CCOC(C)(c1ccccc1)c1ccc(Cl)cc1.O=C(O)C=CC(=O)O. The Morgan fingerprint density at radius 3 is 2.07 bits per heavy atom. The number of hydrogen-bond donors (Lipinski definition) is 3. The molecular weight excluding hydrogens is 631 g/mol. The van der Waals surface area contributed by atoms with Crippen molar-refractivity contribution in [1.82, 2.24) is 4.90 Å². The van der Waals surface area contributed by atoms with E-state index in [1.807, 2.05) is 18.2 Å². The summed E-state index contributed by atoms with van der Waals surface area (Å²) in [4.78, 5) is 32.7. The molecule has 1 amide bonds. The van der Waals surface area contributed by atoms with E-state index < -0.39 is 23.6 Å². The van der Waals surface area contributed by atoms with Crippen LogP contribution in [-0.2, 0) is 24.7 Å². The maximum Gasteiger partial charge on any atom is 0.411 e. The smallest absolute Gasteiger partial charge is 0.411 e. The van der Waals surface area contributed by atoms with Crippen LogP contribution in [0.2, 0.25) is 10.0 Å². The number of nitrogens with one attached hydrogen (secondary N) is 1. The van der Waals surface area contributed by atoms with E-state index in [1.165, 1.54) is 24.9 Å². The minimum absolute atomic E-state index is 0.130. The molecule has 4 rings (SSSR count). The summed E-state index contributed by atoms with van der Waals surface area (Å²) in [7, 11) is 2.22. The summed E-state index contributed by atoms with van der Waals surface area (Å²) in [5.41, 5.74) is 2.48. The number of anilines is 1. The highest BCUT2D eigenvalue weighted by molar-refractivity contribution is 6.31. The highest BCUT2D eigenvalue weighted by Crippen LogP contribution is 2.34. The van der Waals surface area contributed by atoms with Crippen molar-refractivity contribution in [3.8, 4) is 0 Å². The Kier molecular flexibility index (Phi) is 16.3. The number of carbonyl (C=O) groups excluding carboxylic acids is 1. The van der Waals surface area contributed by atoms with Gasteiger partial charge in [-0.05, 0) is 95.1 Å². The fourth-order valence-electron chi connectivity index (χ4n) is 4.67. The van der Waals surface area contributed by atoms with Gasteiger partial charge in [0, 0.05) is 40.5 Å². The first kappa shape index (κ1) is 38.3. The quantitative estimate of drug-likeness (QED) is 0.184. The monoisotopic (exact) mass is 672 g/mol. The van der Waals surface area contributed by atoms with Crippen molar-refractivity contribution in [2.24, 2.45) is 0 Å². The van der Waals surface area contributed by atoms with E-state index in [-0.39, 0.29) is 6.10 Å². The average molecular weight is 674 g/mol. The van der Waals surface area contributed by atoms with Crippen molar-refractivity contribution in [3.05, 3.63) is 112 Å². The number of likely N-dealkylation sites (tertiary alicyclic amines) is 1. The van der Waals surface area contributed by atoms with Crippen molar-refractivity contribution in [2.75, 3.05) is 25.5 Å². The van der Waals surface area contributed by atoms with Crippen molar-refractivity contribution in [1.29, 1.82) is 0 Å². The van der Waals surface area contributed by atoms with Gasteiger partial charge in [0.05, 0.1) is 6.10 Å². The maximum absolute atomic E-state index is 11.2. The Morgan fingerprint density at radius 1 is 0.935 bits per heavy atom. The van der Waals surface area contributed by atoms with Crippen LogP contribution in [0.25, 0.3) is 0 Å². The van der Waals surface area contributed by atoms with Gasteiger partial charge < -0.3 is 24.6 Å². The van der Waals surface area contributed by atoms with E-state index in [4.69, 9.17) is 42.9 Å². The molecule has 3 aromatic carbocycles. The molecule has 0 radical (unpaired) electrons. The first-order valence-corrected chi connectivity index (χ1v) is 15.6. The second-order valence-electron chi connectivity index (χ2n) is 10.9. The summed E-state index contributed by atoms with van der Waals surface area (Å²) in [6, 6.07) is 26.0. The van der Waals surface area contributed by atoms with E-state index in [0.29, 0.717) is 28.9 Å². The maximum atomic E-state index is 11.2. The number of halogens is 2. The first-order chi connectivity index (χ1) is 21.8. The molecular formula is C35H42Cl2N2O7. The van der Waals surface area contributed by atoms with E-state index in [9.17, 15) is 14.4 Å². The number of aliphatic carboxylic acids is 2. The molecule has 9 nitrogen and oxygen atoms in total. The zero-order valence-corrected chi connectivity index (χ0v) is 28.0. The molecule has 0 saturated carbocycles. The number of hydrogen-bond acceptors (Lipinski definition) is 6. The molecule has 0 aliphatic carbocycles. The first-order valence-electron chi connectivity index (χ1n) is 14.8. The Morgan fingerprint density at radius 2 is 1.54 bits per heavy atom. The summed E-state index contributed by atoms with van der Waals surface area (Å²) in [5, 5.41) is 19.5. The fraction of sp³-hybridized carbons (Fsp3) is 0.343. The van der Waals surface area contributed by atoms with Crippen LogP contribution in [0.3, 0.4) is 0 Å². The Balaban J connectivity index is 0.000000283. The lowest BCUT2D eigenvalue weighted by Crippen LogP contribution is -2.31. The van der Waals surface area contributed by atoms with Crippen molar-refractivity contribution < 1.29 is 34.1 Å². The van der Waals surface area contributed by atoms with Crippen molar-refractivity contribution in [3.63, 3.8) is 0 Å². The van der Waals surface area contributed by atoms with Gasteiger partial charge in [-0.25, -0.2) is 14.4 Å². The summed E-state index contributed by atoms with van der Waals surface area (Å²) < 4.78 is 11.4. The molecule has 1 fully saturated rings. The highest BCUT2D eigenvalue weighted by Gasteiger charge is 2.30. The van der Waals surface area contributed by atoms with Crippen LogP contribution in [0, 0.1) is 0 Å². The minimum atomic E-state index is -1.26. The van der Waals surface area contributed by atoms with Crippen LogP contribution >= 0.6 is 23.2 Å². The van der Waals surface area contributed by atoms with Crippen LogP contribution in [0.15, 0.2) is 91.0 Å². The number of ether oxygens (including phenoxy) is 2. The Hall–Kier alpha value is -3.89. The summed E-state index contributed by atoms with van der Waals surface area (Å²) in [5.74, 6) is -2.51. The van der Waals surface area contributed by atoms with E-state index in [2.05, 4.69) is 60.6 Å². The number of rotatable bonds is 10. The highest BCUT2D eigenvalue weighted by atomic mass is 35.5. The molecule has 1 aliphatic heterocycles. The molecule has 11 heteroatoms. The molecule has 0 aromatic heterocycles. The molecule has 0 bridgehead atoms. The van der Waals surface area contributed by atoms with Crippen LogP contribution < -0.4 is 5.32 Å². The molecule has 2 atom stereocenters. The molecule has 1 heterocycles. The van der Waals surface area contributed by atoms with E-state index in [1.54, 1.807) is 38.1 Å². The van der Waals surface area contributed by atoms with Crippen molar-refractivity contribution >= 4 is 46.9 Å². The Labute approximate surface area is 280 Å². The third-order valence-corrected chi connectivity index (χ3v) is 7.50. The largest absolute Gasteiger partial charge is 0.478 e. The summed E-state index contributed by atoms with van der Waals surface area (Å²) in [6.07, 6.45) is 4.17. The Bertz CT molecular complexity index is 1400. The van der Waals surface area contributed by atoms with Crippen molar-refractivity contribution in [2.45, 2.75) is 57.8 Å². The van der Waals surface area contributed by atoms with Gasteiger partial charge in [0.2, 0.25) is 0 Å². The van der Waals surface area contributed by atoms with Gasteiger partial charge in [0.15, 0.2) is 0 Å². The topological polar surface area (TPSA) is 125 Å². The molecule has 3 aromatic rings. The summed E-state index contributed by atoms with van der Waals surface area (Å²) >= 11 is 11.8. The molecule has 248 valence electrons. The second kappa shape index (κ2) is 19.6. The summed E-state index contributed by atoms with van der Waals surface area (Å²) in [6.45, 7) is 7.69. The molecule has 1 aliphatic rings. The standard InChI is InChI=1S/C21H26ClNO.C10H12ClNO2.C4H4O4/c1-21(17-7-4-3-5-8-17,18-10-12-19(22)13-11-18)24-16-14-20-9-6-15-23(20)2;1-7(2)14-10(13)12-9-5-3-4-8(11)6-9;5-3(6)1-2-4(7)8/h3-5,7-8,10-13,20H,6,9,14-16H2,1-2H3;3-7H,1-2H3,(H,12,13);1-2H,(H,5,6)(H,7,8). The number of carbonyl (C=O) groups is 3. The van der Waals surface area contributed by atoms with Crippen LogP contribution in [-0.4, -0.2) is 65.5 Å². The predicted octanol–water partition coefficient (Wildman–Crippen LogP) is 8.11. The molecule has 3 N–H and O–H groups in total. The molecule has 46 heavy (non-hydrogen) atoms. The molecule has 2 unspecified atom stereocenters. The lowest BCUT2D eigenvalue weighted by atomic mass is 9.88. The molecule has 1 saturated heterocycles. The lowest BCUT2D eigenvalue weighted by molar-refractivity contribution is -0.134. The fourth-order valence-corrected chi connectivity index (χ4v) is 4.99. The van der Waals surface area contributed by atoms with Crippen LogP contribution in [0.1, 0.15) is 51.2 Å². The van der Waals surface area contributed by atoms with Gasteiger partial charge in [-0.1, -0.05) is 71.7 Å². The van der Waals surface area contributed by atoms with Gasteiger partial charge >= 0.3 is 18.0 Å². The van der Waals surface area contributed by atoms with Crippen LogP contribution in [0.4, 0.5) is 10.5 Å².